The van der Waals surface area contributed by atoms with Gasteiger partial charge in [-0.2, -0.15) is 0 Å². The van der Waals surface area contributed by atoms with E-state index >= 15 is 0 Å². The molecule has 0 aliphatic carbocycles. The van der Waals surface area contributed by atoms with E-state index in [1.165, 1.54) is 0 Å². The summed E-state index contributed by atoms with van der Waals surface area (Å²) < 4.78 is 16.4. The van der Waals surface area contributed by atoms with E-state index in [0.717, 1.165) is 22.4 Å². The molecule has 1 aromatic rings. The van der Waals surface area contributed by atoms with Gasteiger partial charge in [0, 0.05) is 33.2 Å². The first-order valence-corrected chi connectivity index (χ1v) is 7.00. The molecule has 0 aromatic heterocycles. The smallest absolute Gasteiger partial charge is 0.122 e. The minimum atomic E-state index is -0.652. The van der Waals surface area contributed by atoms with Crippen molar-refractivity contribution >= 4 is 0 Å². The van der Waals surface area contributed by atoms with Crippen molar-refractivity contribution in [2.24, 2.45) is 0 Å². The average Bonchev–Trinajstić information content (AvgIpc) is 2.49. The maximum absolute atomic E-state index is 10.8. The molecule has 20 heavy (non-hydrogen) atoms. The number of ether oxygens (including phenoxy) is 3. The van der Waals surface area contributed by atoms with Crippen LogP contribution in [0.15, 0.2) is 12.1 Å². The molecular weight excluding hydrogens is 256 g/mol. The molecule has 0 spiro atoms. The Labute approximate surface area is 120 Å². The summed E-state index contributed by atoms with van der Waals surface area (Å²) in [5.41, 5.74) is 2.39. The summed E-state index contributed by atoms with van der Waals surface area (Å²) in [6.07, 6.45) is 0.755. The lowest BCUT2D eigenvalue weighted by Crippen LogP contribution is -2.44. The molecule has 2 rings (SSSR count). The third-order valence-corrected chi connectivity index (χ3v) is 4.32. The predicted molar refractivity (Wildman–Crippen MR) is 77.2 cm³/mol. The van der Waals surface area contributed by atoms with Crippen molar-refractivity contribution in [3.8, 4) is 5.75 Å². The lowest BCUT2D eigenvalue weighted by atomic mass is 9.82. The lowest BCUT2D eigenvalue weighted by molar-refractivity contribution is -0.154. The standard InChI is InChI=1S/C16H24O4/c1-11-10-14(18-3)12(2)9-13(11)15(17)16(19-4)5-7-20-8-6-16/h9-10,15,17H,5-8H2,1-4H3. The Morgan fingerprint density at radius 3 is 2.35 bits per heavy atom. The van der Waals surface area contributed by atoms with Gasteiger partial charge in [-0.15, -0.1) is 0 Å². The summed E-state index contributed by atoms with van der Waals surface area (Å²) in [7, 11) is 3.33. The molecule has 1 atom stereocenters. The second-order valence-corrected chi connectivity index (χ2v) is 5.46. The van der Waals surface area contributed by atoms with Crippen LogP contribution in [-0.4, -0.2) is 38.1 Å². The Kier molecular flexibility index (Phi) is 4.68. The molecule has 1 aliphatic rings. The molecule has 0 bridgehead atoms. The zero-order valence-electron chi connectivity index (χ0n) is 12.7. The first-order chi connectivity index (χ1) is 9.54. The molecule has 1 saturated heterocycles. The van der Waals surface area contributed by atoms with Gasteiger partial charge in [0.15, 0.2) is 0 Å². The van der Waals surface area contributed by atoms with E-state index in [1.807, 2.05) is 26.0 Å². The summed E-state index contributed by atoms with van der Waals surface area (Å²) in [6.45, 7) is 5.22. The van der Waals surface area contributed by atoms with E-state index in [1.54, 1.807) is 14.2 Å². The maximum atomic E-state index is 10.8. The lowest BCUT2D eigenvalue weighted by Gasteiger charge is -2.40. The van der Waals surface area contributed by atoms with Crippen LogP contribution < -0.4 is 4.74 Å². The van der Waals surface area contributed by atoms with Crippen molar-refractivity contribution in [3.05, 3.63) is 28.8 Å². The maximum Gasteiger partial charge on any atom is 0.122 e. The van der Waals surface area contributed by atoms with Crippen LogP contribution in [0, 0.1) is 13.8 Å². The van der Waals surface area contributed by atoms with Gasteiger partial charge < -0.3 is 19.3 Å². The fourth-order valence-electron chi connectivity index (χ4n) is 2.92. The van der Waals surface area contributed by atoms with Gasteiger partial charge in [0.05, 0.1) is 7.11 Å². The van der Waals surface area contributed by atoms with Crippen molar-refractivity contribution < 1.29 is 19.3 Å². The average molecular weight is 280 g/mol. The fraction of sp³-hybridized carbons (Fsp3) is 0.625. The highest BCUT2D eigenvalue weighted by molar-refractivity contribution is 5.43. The third-order valence-electron chi connectivity index (χ3n) is 4.32. The van der Waals surface area contributed by atoms with E-state index < -0.39 is 11.7 Å². The van der Waals surface area contributed by atoms with E-state index in [9.17, 15) is 5.11 Å². The normalized spacial score (nSPS) is 19.6. The van der Waals surface area contributed by atoms with Crippen LogP contribution in [0.3, 0.4) is 0 Å². The summed E-state index contributed by atoms with van der Waals surface area (Å²) in [6, 6.07) is 3.96. The third kappa shape index (κ3) is 2.68. The predicted octanol–water partition coefficient (Wildman–Crippen LogP) is 2.54. The molecular formula is C16H24O4. The molecule has 1 unspecified atom stereocenters. The van der Waals surface area contributed by atoms with E-state index in [4.69, 9.17) is 14.2 Å². The minimum Gasteiger partial charge on any atom is -0.496 e. The molecule has 4 nitrogen and oxygen atoms in total. The van der Waals surface area contributed by atoms with Crippen LogP contribution in [0.4, 0.5) is 0 Å². The van der Waals surface area contributed by atoms with Crippen molar-refractivity contribution in [2.45, 2.75) is 38.4 Å². The van der Waals surface area contributed by atoms with Crippen LogP contribution in [0.2, 0.25) is 0 Å². The second-order valence-electron chi connectivity index (χ2n) is 5.46. The van der Waals surface area contributed by atoms with Crippen molar-refractivity contribution in [1.29, 1.82) is 0 Å². The first-order valence-electron chi connectivity index (χ1n) is 7.00. The number of aryl methyl sites for hydroxylation is 2. The van der Waals surface area contributed by atoms with Crippen LogP contribution >= 0.6 is 0 Å². The van der Waals surface area contributed by atoms with Gasteiger partial charge in [-0.3, -0.25) is 0 Å². The number of hydrogen-bond acceptors (Lipinski definition) is 4. The zero-order valence-corrected chi connectivity index (χ0v) is 12.7. The Hall–Kier alpha value is -1.10. The quantitative estimate of drug-likeness (QED) is 0.920. The fourth-order valence-corrected chi connectivity index (χ4v) is 2.92. The number of rotatable bonds is 4. The second kappa shape index (κ2) is 6.12. The molecule has 4 heteroatoms. The number of benzene rings is 1. The summed E-state index contributed by atoms with van der Waals surface area (Å²) >= 11 is 0. The minimum absolute atomic E-state index is 0.552. The SMILES string of the molecule is COc1cc(C)c(C(O)C2(OC)CCOCC2)cc1C. The summed E-state index contributed by atoms with van der Waals surface area (Å²) in [5, 5.41) is 10.8. The highest BCUT2D eigenvalue weighted by atomic mass is 16.5. The number of hydrogen-bond donors (Lipinski definition) is 1. The van der Waals surface area contributed by atoms with Crippen molar-refractivity contribution in [3.63, 3.8) is 0 Å². The highest BCUT2D eigenvalue weighted by Gasteiger charge is 2.41. The van der Waals surface area contributed by atoms with Crippen LogP contribution in [0.5, 0.6) is 5.75 Å². The van der Waals surface area contributed by atoms with Gasteiger partial charge in [-0.25, -0.2) is 0 Å². The number of aliphatic hydroxyl groups is 1. The van der Waals surface area contributed by atoms with Crippen LogP contribution in [0.1, 0.15) is 35.6 Å². The topological polar surface area (TPSA) is 47.9 Å². The molecule has 0 saturated carbocycles. The summed E-state index contributed by atoms with van der Waals surface area (Å²) in [4.78, 5) is 0. The largest absolute Gasteiger partial charge is 0.496 e. The monoisotopic (exact) mass is 280 g/mol. The molecule has 1 aliphatic heterocycles. The van der Waals surface area contributed by atoms with E-state index in [0.29, 0.717) is 26.1 Å². The van der Waals surface area contributed by atoms with E-state index in [-0.39, 0.29) is 0 Å². The molecule has 1 N–H and O–H groups in total. The molecule has 112 valence electrons. The van der Waals surface area contributed by atoms with Gasteiger partial charge in [-0.05, 0) is 42.7 Å². The van der Waals surface area contributed by atoms with Gasteiger partial charge in [0.25, 0.3) is 0 Å². The Morgan fingerprint density at radius 1 is 1.15 bits per heavy atom. The molecule has 1 fully saturated rings. The highest BCUT2D eigenvalue weighted by Crippen LogP contribution is 2.39. The van der Waals surface area contributed by atoms with Crippen molar-refractivity contribution in [2.75, 3.05) is 27.4 Å². The Bertz CT molecular complexity index is 464. The van der Waals surface area contributed by atoms with Gasteiger partial charge in [-0.1, -0.05) is 0 Å². The molecule has 0 amide bonds. The molecule has 1 aromatic carbocycles. The van der Waals surface area contributed by atoms with Gasteiger partial charge >= 0.3 is 0 Å². The van der Waals surface area contributed by atoms with Crippen LogP contribution in [-0.2, 0) is 9.47 Å². The zero-order chi connectivity index (χ0) is 14.8. The van der Waals surface area contributed by atoms with Crippen molar-refractivity contribution in [1.82, 2.24) is 0 Å². The molecule has 1 heterocycles. The van der Waals surface area contributed by atoms with Crippen LogP contribution in [0.25, 0.3) is 0 Å². The van der Waals surface area contributed by atoms with Gasteiger partial charge in [0.2, 0.25) is 0 Å². The first kappa shape index (κ1) is 15.3. The Balaban J connectivity index is 2.36. The number of methoxy groups -OCH3 is 2. The number of aliphatic hydroxyl groups excluding tert-OH is 1. The Morgan fingerprint density at radius 2 is 1.80 bits per heavy atom. The molecule has 0 radical (unpaired) electrons. The van der Waals surface area contributed by atoms with Gasteiger partial charge in [0.1, 0.15) is 17.5 Å². The van der Waals surface area contributed by atoms with E-state index in [2.05, 4.69) is 0 Å². The summed E-state index contributed by atoms with van der Waals surface area (Å²) in [5.74, 6) is 0.844.